The predicted molar refractivity (Wildman–Crippen MR) is 82.7 cm³/mol. The van der Waals surface area contributed by atoms with Crippen molar-refractivity contribution >= 4 is 23.2 Å². The van der Waals surface area contributed by atoms with Crippen molar-refractivity contribution in [2.24, 2.45) is 0 Å². The summed E-state index contributed by atoms with van der Waals surface area (Å²) in [5.74, 6) is 0. The lowest BCUT2D eigenvalue weighted by atomic mass is 10.0. The summed E-state index contributed by atoms with van der Waals surface area (Å²) in [6, 6.07) is 10.3. The molecule has 0 bridgehead atoms. The average molecular weight is 276 g/mol. The quantitative estimate of drug-likeness (QED) is 0.705. The fraction of sp³-hybridized carbons (Fsp3) is 0.0625. The Kier molecular flexibility index (Phi) is 2.57. The number of hydrazone groups is 1. The molecule has 4 rings (SSSR count). The number of rotatable bonds is 2. The van der Waals surface area contributed by atoms with Crippen LogP contribution >= 0.6 is 0 Å². The lowest BCUT2D eigenvalue weighted by Gasteiger charge is -2.01. The molecule has 0 radical (unpaired) electrons. The second-order valence-corrected chi connectivity index (χ2v) is 5.07. The minimum Gasteiger partial charge on any atom is -0.277 e. The van der Waals surface area contributed by atoms with Crippen LogP contribution in [0.3, 0.4) is 0 Å². The van der Waals surface area contributed by atoms with Crippen LogP contribution in [0.1, 0.15) is 5.56 Å². The van der Waals surface area contributed by atoms with Crippen molar-refractivity contribution in [1.29, 1.82) is 0 Å². The number of aromatic nitrogens is 3. The number of aromatic amines is 1. The molecule has 0 unspecified atom stereocenters. The van der Waals surface area contributed by atoms with Crippen molar-refractivity contribution in [3.63, 3.8) is 0 Å². The van der Waals surface area contributed by atoms with E-state index >= 15 is 0 Å². The second-order valence-electron chi connectivity index (χ2n) is 5.07. The third-order valence-corrected chi connectivity index (χ3v) is 3.67. The summed E-state index contributed by atoms with van der Waals surface area (Å²) < 4.78 is 1.80. The molecule has 5 nitrogen and oxygen atoms in total. The molecule has 3 heterocycles. The van der Waals surface area contributed by atoms with Gasteiger partial charge in [0.25, 0.3) is 0 Å². The van der Waals surface area contributed by atoms with Crippen molar-refractivity contribution in [2.75, 3.05) is 6.54 Å². The normalized spacial score (nSPS) is 14.3. The van der Waals surface area contributed by atoms with Crippen LogP contribution in [-0.2, 0) is 0 Å². The SMILES string of the molecule is C=[N+]1CC(c2ccc3[nH]nc(-c4ccncc4)c3c2)=CN1. The summed E-state index contributed by atoms with van der Waals surface area (Å²) in [6.07, 6.45) is 5.55. The summed E-state index contributed by atoms with van der Waals surface area (Å²) in [6.45, 7) is 4.66. The Bertz CT molecular complexity index is 861. The number of hydrogen-bond acceptors (Lipinski definition) is 3. The highest BCUT2D eigenvalue weighted by molar-refractivity contribution is 5.94. The van der Waals surface area contributed by atoms with Crippen molar-refractivity contribution < 1.29 is 4.68 Å². The molecule has 0 saturated carbocycles. The van der Waals surface area contributed by atoms with E-state index in [2.05, 4.69) is 45.5 Å². The van der Waals surface area contributed by atoms with Gasteiger partial charge in [-0.3, -0.25) is 10.1 Å². The topological polar surface area (TPSA) is 56.6 Å². The lowest BCUT2D eigenvalue weighted by Crippen LogP contribution is -2.15. The molecule has 0 amide bonds. The summed E-state index contributed by atoms with van der Waals surface area (Å²) in [5, 5.41) is 8.64. The molecule has 0 atom stereocenters. The van der Waals surface area contributed by atoms with Gasteiger partial charge in [0.2, 0.25) is 0 Å². The molecule has 0 aliphatic carbocycles. The van der Waals surface area contributed by atoms with E-state index in [0.29, 0.717) is 0 Å². The molecule has 3 aromatic rings. The van der Waals surface area contributed by atoms with Gasteiger partial charge in [-0.2, -0.15) is 10.5 Å². The summed E-state index contributed by atoms with van der Waals surface area (Å²) in [7, 11) is 0. The molecule has 0 spiro atoms. The molecule has 21 heavy (non-hydrogen) atoms. The zero-order valence-corrected chi connectivity index (χ0v) is 11.4. The molecule has 0 fully saturated rings. The number of fused-ring (bicyclic) bond motifs is 1. The maximum atomic E-state index is 4.44. The van der Waals surface area contributed by atoms with E-state index in [4.69, 9.17) is 0 Å². The first-order valence-corrected chi connectivity index (χ1v) is 6.73. The van der Waals surface area contributed by atoms with E-state index < -0.39 is 0 Å². The summed E-state index contributed by atoms with van der Waals surface area (Å²) >= 11 is 0. The molecule has 5 heteroatoms. The predicted octanol–water partition coefficient (Wildman–Crippen LogP) is 2.20. The fourth-order valence-electron chi connectivity index (χ4n) is 2.58. The second kappa shape index (κ2) is 4.56. The molecule has 2 N–H and O–H groups in total. The van der Waals surface area contributed by atoms with E-state index in [-0.39, 0.29) is 0 Å². The summed E-state index contributed by atoms with van der Waals surface area (Å²) in [4.78, 5) is 4.06. The Morgan fingerprint density at radius 3 is 2.71 bits per heavy atom. The third kappa shape index (κ3) is 1.99. The van der Waals surface area contributed by atoms with E-state index in [1.54, 1.807) is 17.1 Å². The highest BCUT2D eigenvalue weighted by Gasteiger charge is 2.17. The number of pyridine rings is 1. The number of benzene rings is 1. The van der Waals surface area contributed by atoms with Gasteiger partial charge in [0.05, 0.1) is 11.7 Å². The number of nitrogens with zero attached hydrogens (tertiary/aromatic N) is 3. The van der Waals surface area contributed by atoms with Crippen LogP contribution in [0.25, 0.3) is 27.7 Å². The van der Waals surface area contributed by atoms with Gasteiger partial charge in [-0.1, -0.05) is 6.07 Å². The van der Waals surface area contributed by atoms with Crippen LogP contribution < -0.4 is 5.43 Å². The van der Waals surface area contributed by atoms with E-state index in [0.717, 1.165) is 28.7 Å². The molecule has 102 valence electrons. The van der Waals surface area contributed by atoms with Gasteiger partial charge in [-0.25, -0.2) is 0 Å². The zero-order chi connectivity index (χ0) is 14.2. The Balaban J connectivity index is 1.85. The van der Waals surface area contributed by atoms with Crippen molar-refractivity contribution in [1.82, 2.24) is 20.6 Å². The first-order valence-electron chi connectivity index (χ1n) is 6.73. The minimum atomic E-state index is 0.786. The highest BCUT2D eigenvalue weighted by atomic mass is 15.4. The lowest BCUT2D eigenvalue weighted by molar-refractivity contribution is -0.549. The molecule has 2 aromatic heterocycles. The smallest absolute Gasteiger partial charge is 0.198 e. The molecule has 1 aliphatic rings. The molecule has 0 saturated heterocycles. The van der Waals surface area contributed by atoms with Gasteiger partial charge in [-0.05, 0) is 29.8 Å². The van der Waals surface area contributed by atoms with Crippen LogP contribution in [0.4, 0.5) is 0 Å². The van der Waals surface area contributed by atoms with E-state index in [9.17, 15) is 0 Å². The maximum Gasteiger partial charge on any atom is 0.198 e. The Labute approximate surface area is 121 Å². The van der Waals surface area contributed by atoms with Crippen molar-refractivity contribution in [3.05, 3.63) is 54.5 Å². The average Bonchev–Trinajstić information content (AvgIpc) is 3.13. The van der Waals surface area contributed by atoms with Gasteiger partial charge in [0.15, 0.2) is 13.3 Å². The third-order valence-electron chi connectivity index (χ3n) is 3.67. The maximum absolute atomic E-state index is 4.44. The number of hydrazine groups is 1. The number of H-pyrrole nitrogens is 1. The van der Waals surface area contributed by atoms with Crippen LogP contribution in [0, 0.1) is 0 Å². The van der Waals surface area contributed by atoms with Crippen LogP contribution in [-0.4, -0.2) is 33.1 Å². The van der Waals surface area contributed by atoms with Gasteiger partial charge in [-0.15, -0.1) is 4.68 Å². The van der Waals surface area contributed by atoms with Crippen LogP contribution in [0.5, 0.6) is 0 Å². The number of nitrogens with one attached hydrogen (secondary N) is 2. The van der Waals surface area contributed by atoms with Gasteiger partial charge < -0.3 is 0 Å². The van der Waals surface area contributed by atoms with E-state index in [1.807, 2.05) is 18.3 Å². The summed E-state index contributed by atoms with van der Waals surface area (Å²) in [5.41, 5.74) is 8.52. The first-order chi connectivity index (χ1) is 10.3. The van der Waals surface area contributed by atoms with Crippen molar-refractivity contribution in [3.8, 4) is 11.3 Å². The fourth-order valence-corrected chi connectivity index (χ4v) is 2.58. The number of hydrogen-bond donors (Lipinski definition) is 2. The Hall–Kier alpha value is -2.95. The van der Waals surface area contributed by atoms with Gasteiger partial charge in [0.1, 0.15) is 5.69 Å². The van der Waals surface area contributed by atoms with E-state index in [1.165, 1.54) is 11.1 Å². The Morgan fingerprint density at radius 2 is 1.95 bits per heavy atom. The van der Waals surface area contributed by atoms with Crippen molar-refractivity contribution in [2.45, 2.75) is 0 Å². The molecule has 1 aliphatic heterocycles. The first kappa shape index (κ1) is 11.8. The van der Waals surface area contributed by atoms with Crippen LogP contribution in [0.2, 0.25) is 0 Å². The van der Waals surface area contributed by atoms with Gasteiger partial charge >= 0.3 is 0 Å². The molecular formula is C16H14N5+. The molecular weight excluding hydrogens is 262 g/mol. The van der Waals surface area contributed by atoms with Gasteiger partial charge in [0, 0.05) is 28.9 Å². The standard InChI is InChI=1S/C16H14N5/c1-21-10-13(9-18-21)12-2-3-15-14(8-12)16(20-19-15)11-4-6-17-7-5-11/h2-9,18H,1,10H2,(H,19,20)/q+1. The monoisotopic (exact) mass is 276 g/mol. The molecule has 1 aromatic carbocycles. The van der Waals surface area contributed by atoms with Crippen LogP contribution in [0.15, 0.2) is 48.9 Å². The Morgan fingerprint density at radius 1 is 1.10 bits per heavy atom. The minimum absolute atomic E-state index is 0.786. The highest BCUT2D eigenvalue weighted by Crippen LogP contribution is 2.29. The zero-order valence-electron chi connectivity index (χ0n) is 11.4. The largest absolute Gasteiger partial charge is 0.277 e.